The minimum absolute atomic E-state index is 0.414. The maximum absolute atomic E-state index is 14.3. The molecule has 3 heteroatoms. The Kier molecular flexibility index (Phi) is 2.50. The third kappa shape index (κ3) is 1.77. The Labute approximate surface area is 83.6 Å². The lowest BCUT2D eigenvalue weighted by atomic mass is 9.89. The van der Waals surface area contributed by atoms with Gasteiger partial charge in [0.15, 0.2) is 0 Å². The highest BCUT2D eigenvalue weighted by molar-refractivity contribution is 5.21. The first-order valence-corrected chi connectivity index (χ1v) is 5.03. The summed E-state index contributed by atoms with van der Waals surface area (Å²) in [5.74, 6) is 0. The third-order valence-electron chi connectivity index (χ3n) is 2.76. The van der Waals surface area contributed by atoms with E-state index in [2.05, 4.69) is 10.3 Å². The van der Waals surface area contributed by atoms with E-state index in [9.17, 15) is 4.39 Å². The summed E-state index contributed by atoms with van der Waals surface area (Å²) >= 11 is 0. The summed E-state index contributed by atoms with van der Waals surface area (Å²) in [6.45, 7) is 3.25. The average molecular weight is 194 g/mol. The van der Waals surface area contributed by atoms with E-state index in [1.165, 1.54) is 0 Å². The van der Waals surface area contributed by atoms with Crippen molar-refractivity contribution < 1.29 is 4.39 Å². The Morgan fingerprint density at radius 2 is 2.36 bits per heavy atom. The van der Waals surface area contributed by atoms with Crippen molar-refractivity contribution in [3.05, 3.63) is 29.6 Å². The van der Waals surface area contributed by atoms with Crippen molar-refractivity contribution in [3.8, 4) is 0 Å². The van der Waals surface area contributed by atoms with E-state index in [0.717, 1.165) is 18.7 Å². The summed E-state index contributed by atoms with van der Waals surface area (Å²) in [5, 5.41) is 3.09. The molecule has 0 aromatic carbocycles. The number of alkyl halides is 1. The van der Waals surface area contributed by atoms with Gasteiger partial charge in [-0.05, 0) is 32.4 Å². The molecule has 2 rings (SSSR count). The molecule has 0 aliphatic carbocycles. The van der Waals surface area contributed by atoms with Crippen molar-refractivity contribution in [2.75, 3.05) is 13.1 Å². The number of aryl methyl sites for hydroxylation is 1. The van der Waals surface area contributed by atoms with E-state index in [0.29, 0.717) is 18.5 Å². The van der Waals surface area contributed by atoms with Gasteiger partial charge in [-0.25, -0.2) is 4.39 Å². The number of nitrogens with one attached hydrogen (secondary N) is 1. The van der Waals surface area contributed by atoms with Crippen LogP contribution >= 0.6 is 0 Å². The number of hydrogen-bond acceptors (Lipinski definition) is 2. The molecule has 0 radical (unpaired) electrons. The summed E-state index contributed by atoms with van der Waals surface area (Å²) in [7, 11) is 0. The van der Waals surface area contributed by atoms with Crippen molar-refractivity contribution >= 4 is 0 Å². The Hall–Kier alpha value is -0.960. The van der Waals surface area contributed by atoms with Crippen molar-refractivity contribution in [3.63, 3.8) is 0 Å². The van der Waals surface area contributed by atoms with Gasteiger partial charge in [0, 0.05) is 24.0 Å². The molecule has 1 aromatic heterocycles. The van der Waals surface area contributed by atoms with Gasteiger partial charge >= 0.3 is 0 Å². The van der Waals surface area contributed by atoms with Crippen molar-refractivity contribution in [1.29, 1.82) is 0 Å². The van der Waals surface area contributed by atoms with E-state index >= 15 is 0 Å². The molecule has 0 saturated carbocycles. The molecule has 14 heavy (non-hydrogen) atoms. The lowest BCUT2D eigenvalue weighted by Gasteiger charge is -2.30. The maximum Gasteiger partial charge on any atom is 0.149 e. The first kappa shape index (κ1) is 9.59. The zero-order valence-corrected chi connectivity index (χ0v) is 8.39. The van der Waals surface area contributed by atoms with Gasteiger partial charge in [-0.15, -0.1) is 0 Å². The van der Waals surface area contributed by atoms with E-state index < -0.39 is 5.67 Å². The fraction of sp³-hybridized carbons (Fsp3) is 0.545. The lowest BCUT2D eigenvalue weighted by Crippen LogP contribution is -2.40. The lowest BCUT2D eigenvalue weighted by molar-refractivity contribution is 0.121. The number of nitrogens with zero attached hydrogens (tertiary/aromatic N) is 1. The molecule has 2 nitrogen and oxygen atoms in total. The first-order chi connectivity index (χ1) is 6.71. The quantitative estimate of drug-likeness (QED) is 0.739. The van der Waals surface area contributed by atoms with Gasteiger partial charge in [0.25, 0.3) is 0 Å². The topological polar surface area (TPSA) is 24.9 Å². The van der Waals surface area contributed by atoms with Crippen LogP contribution in [0.5, 0.6) is 0 Å². The highest BCUT2D eigenvalue weighted by Crippen LogP contribution is 2.32. The van der Waals surface area contributed by atoms with Crippen LogP contribution in [0.3, 0.4) is 0 Å². The Morgan fingerprint density at radius 1 is 1.50 bits per heavy atom. The second kappa shape index (κ2) is 3.65. The molecule has 1 N–H and O–H groups in total. The van der Waals surface area contributed by atoms with Gasteiger partial charge < -0.3 is 5.32 Å². The van der Waals surface area contributed by atoms with Crippen LogP contribution in [0.25, 0.3) is 0 Å². The molecule has 0 spiro atoms. The molecule has 1 aliphatic rings. The number of halogens is 1. The average Bonchev–Trinajstić information content (AvgIpc) is 2.19. The largest absolute Gasteiger partial charge is 0.313 e. The van der Waals surface area contributed by atoms with Gasteiger partial charge in [-0.2, -0.15) is 0 Å². The number of rotatable bonds is 1. The van der Waals surface area contributed by atoms with Crippen molar-refractivity contribution in [1.82, 2.24) is 10.3 Å². The summed E-state index contributed by atoms with van der Waals surface area (Å²) in [5.41, 5.74) is 0.426. The number of hydrogen-bond donors (Lipinski definition) is 1. The molecule has 1 aliphatic heterocycles. The highest BCUT2D eigenvalue weighted by atomic mass is 19.1. The minimum Gasteiger partial charge on any atom is -0.313 e. The number of piperidine rings is 1. The molecule has 1 fully saturated rings. The fourth-order valence-electron chi connectivity index (χ4n) is 1.85. The van der Waals surface area contributed by atoms with Crippen LogP contribution in [0.15, 0.2) is 18.3 Å². The van der Waals surface area contributed by atoms with Crippen LogP contribution in [-0.4, -0.2) is 18.1 Å². The molecule has 76 valence electrons. The van der Waals surface area contributed by atoms with Crippen LogP contribution in [0.2, 0.25) is 0 Å². The molecular formula is C11H15FN2. The molecular weight excluding hydrogens is 179 g/mol. The molecule has 1 saturated heterocycles. The minimum atomic E-state index is -1.21. The van der Waals surface area contributed by atoms with Crippen molar-refractivity contribution in [2.24, 2.45) is 0 Å². The Morgan fingerprint density at radius 3 is 2.93 bits per heavy atom. The second-order valence-corrected chi connectivity index (χ2v) is 3.93. The van der Waals surface area contributed by atoms with Gasteiger partial charge in [0.2, 0.25) is 0 Å². The van der Waals surface area contributed by atoms with Crippen LogP contribution in [-0.2, 0) is 5.67 Å². The van der Waals surface area contributed by atoms with E-state index in [4.69, 9.17) is 0 Å². The third-order valence-corrected chi connectivity index (χ3v) is 2.76. The summed E-state index contributed by atoms with van der Waals surface area (Å²) in [4.78, 5) is 4.13. The smallest absolute Gasteiger partial charge is 0.149 e. The zero-order chi connectivity index (χ0) is 10.0. The summed E-state index contributed by atoms with van der Waals surface area (Å²) in [6, 6.07) is 3.71. The predicted molar refractivity (Wildman–Crippen MR) is 53.9 cm³/mol. The molecule has 1 atom stereocenters. The number of aromatic nitrogens is 1. The molecule has 1 aromatic rings. The monoisotopic (exact) mass is 194 g/mol. The summed E-state index contributed by atoms with van der Waals surface area (Å²) in [6.07, 6.45) is 3.15. The predicted octanol–water partition coefficient (Wildman–Crippen LogP) is 1.94. The number of pyridine rings is 1. The molecule has 0 amide bonds. The van der Waals surface area contributed by atoms with E-state index in [1.807, 2.05) is 19.1 Å². The summed E-state index contributed by atoms with van der Waals surface area (Å²) < 4.78 is 14.3. The maximum atomic E-state index is 14.3. The van der Waals surface area contributed by atoms with Gasteiger partial charge in [-0.1, -0.05) is 6.07 Å². The van der Waals surface area contributed by atoms with Gasteiger partial charge in [-0.3, -0.25) is 4.98 Å². The normalized spacial score (nSPS) is 27.6. The van der Waals surface area contributed by atoms with Crippen LogP contribution in [0, 0.1) is 6.92 Å². The Bertz CT molecular complexity index is 302. The Balaban J connectivity index is 2.23. The molecule has 0 bridgehead atoms. The SMILES string of the molecule is Cc1ccc(C2(F)CCCNC2)cn1. The highest BCUT2D eigenvalue weighted by Gasteiger charge is 2.33. The van der Waals surface area contributed by atoms with Crippen LogP contribution in [0.4, 0.5) is 4.39 Å². The first-order valence-electron chi connectivity index (χ1n) is 5.03. The molecule has 1 unspecified atom stereocenters. The van der Waals surface area contributed by atoms with E-state index in [-0.39, 0.29) is 0 Å². The standard InChI is InChI=1S/C11H15FN2/c1-9-3-4-10(7-14-9)11(12)5-2-6-13-8-11/h3-4,7,13H,2,5-6,8H2,1H3. The second-order valence-electron chi connectivity index (χ2n) is 3.93. The van der Waals surface area contributed by atoms with Crippen LogP contribution in [0.1, 0.15) is 24.1 Å². The fourth-order valence-corrected chi connectivity index (χ4v) is 1.85. The van der Waals surface area contributed by atoms with Crippen LogP contribution < -0.4 is 5.32 Å². The van der Waals surface area contributed by atoms with Gasteiger partial charge in [0.1, 0.15) is 5.67 Å². The van der Waals surface area contributed by atoms with E-state index in [1.54, 1.807) is 6.20 Å². The van der Waals surface area contributed by atoms with Crippen molar-refractivity contribution in [2.45, 2.75) is 25.4 Å². The zero-order valence-electron chi connectivity index (χ0n) is 8.39. The van der Waals surface area contributed by atoms with Gasteiger partial charge in [0.05, 0.1) is 0 Å². The molecule has 2 heterocycles.